The molecule has 5 nitrogen and oxygen atoms in total. The number of nitrogens with one attached hydrogen (secondary N) is 1. The van der Waals surface area contributed by atoms with Crippen LogP contribution in [0.5, 0.6) is 0 Å². The predicted molar refractivity (Wildman–Crippen MR) is 88.1 cm³/mol. The van der Waals surface area contributed by atoms with Crippen molar-refractivity contribution in [2.75, 3.05) is 11.9 Å². The summed E-state index contributed by atoms with van der Waals surface area (Å²) in [6, 6.07) is 14.5. The van der Waals surface area contributed by atoms with Crippen LogP contribution in [0.15, 0.2) is 53.4 Å². The number of hydrogen-bond donors (Lipinski definition) is 1. The highest BCUT2D eigenvalue weighted by Gasteiger charge is 2.25. The van der Waals surface area contributed by atoms with Gasteiger partial charge in [-0.3, -0.25) is 0 Å². The topological polar surface area (TPSA) is 64.6 Å². The fourth-order valence-corrected chi connectivity index (χ4v) is 3.43. The standard InChI is InChI=1S/C17H19NO4S/c1-13-9-10-15(23(19,20)22-17-8-5-11-21-17)12-16(13)18-14-6-3-2-4-7-14/h2-4,6-7,9-10,12,17-18H,5,8,11H2,1H3/t17-/m1/s1. The van der Waals surface area contributed by atoms with Gasteiger partial charge >= 0.3 is 0 Å². The molecule has 0 spiro atoms. The minimum Gasteiger partial charge on any atom is -0.355 e. The summed E-state index contributed by atoms with van der Waals surface area (Å²) in [5, 5.41) is 3.23. The highest BCUT2D eigenvalue weighted by Crippen LogP contribution is 2.26. The number of ether oxygens (including phenoxy) is 1. The Hall–Kier alpha value is -1.89. The quantitative estimate of drug-likeness (QED) is 0.847. The lowest BCUT2D eigenvalue weighted by Crippen LogP contribution is -2.17. The van der Waals surface area contributed by atoms with Crippen LogP contribution < -0.4 is 5.32 Å². The van der Waals surface area contributed by atoms with Gasteiger partial charge in [-0.15, -0.1) is 0 Å². The van der Waals surface area contributed by atoms with Crippen molar-refractivity contribution in [1.29, 1.82) is 0 Å². The zero-order chi connectivity index (χ0) is 16.3. The van der Waals surface area contributed by atoms with Crippen LogP contribution in [0.1, 0.15) is 18.4 Å². The van der Waals surface area contributed by atoms with Gasteiger partial charge in [-0.25, -0.2) is 4.18 Å². The van der Waals surface area contributed by atoms with E-state index in [0.717, 1.165) is 23.4 Å². The third-order valence-corrected chi connectivity index (χ3v) is 4.97. The number of aryl methyl sites for hydroxylation is 1. The number of anilines is 2. The molecule has 6 heteroatoms. The van der Waals surface area contributed by atoms with Gasteiger partial charge in [-0.1, -0.05) is 24.3 Å². The van der Waals surface area contributed by atoms with Crippen LogP contribution in [0, 0.1) is 6.92 Å². The van der Waals surface area contributed by atoms with Gasteiger partial charge in [-0.2, -0.15) is 8.42 Å². The summed E-state index contributed by atoms with van der Waals surface area (Å²) < 4.78 is 35.1. The summed E-state index contributed by atoms with van der Waals surface area (Å²) >= 11 is 0. The molecule has 1 saturated heterocycles. The molecule has 23 heavy (non-hydrogen) atoms. The lowest BCUT2D eigenvalue weighted by atomic mass is 10.2. The third-order valence-electron chi connectivity index (χ3n) is 3.67. The smallest absolute Gasteiger partial charge is 0.299 e. The van der Waals surface area contributed by atoms with E-state index in [1.165, 1.54) is 0 Å². The molecule has 1 heterocycles. The average molecular weight is 333 g/mol. The summed E-state index contributed by atoms with van der Waals surface area (Å²) in [5.74, 6) is 0. The van der Waals surface area contributed by atoms with E-state index in [4.69, 9.17) is 8.92 Å². The Labute approximate surface area is 136 Å². The first-order valence-corrected chi connectivity index (χ1v) is 8.93. The second-order valence-corrected chi connectivity index (χ2v) is 7.03. The maximum Gasteiger partial charge on any atom is 0.299 e. The van der Waals surface area contributed by atoms with Crippen molar-refractivity contribution in [3.63, 3.8) is 0 Å². The van der Waals surface area contributed by atoms with Crippen molar-refractivity contribution in [1.82, 2.24) is 0 Å². The maximum absolute atomic E-state index is 12.4. The molecule has 1 aliphatic rings. The van der Waals surface area contributed by atoms with Crippen molar-refractivity contribution >= 4 is 21.5 Å². The molecular weight excluding hydrogens is 314 g/mol. The lowest BCUT2D eigenvalue weighted by molar-refractivity contribution is -0.0344. The first-order chi connectivity index (χ1) is 11.0. The third kappa shape index (κ3) is 3.90. The Morgan fingerprint density at radius 3 is 2.65 bits per heavy atom. The van der Waals surface area contributed by atoms with Crippen molar-refractivity contribution in [2.24, 2.45) is 0 Å². The minimum absolute atomic E-state index is 0.122. The lowest BCUT2D eigenvalue weighted by Gasteiger charge is -2.14. The molecule has 2 aromatic carbocycles. The van der Waals surface area contributed by atoms with Gasteiger partial charge in [-0.05, 0) is 43.2 Å². The zero-order valence-corrected chi connectivity index (χ0v) is 13.7. The van der Waals surface area contributed by atoms with Gasteiger partial charge in [0, 0.05) is 24.4 Å². The van der Waals surface area contributed by atoms with Gasteiger partial charge < -0.3 is 10.1 Å². The molecule has 1 aliphatic heterocycles. The van der Waals surface area contributed by atoms with E-state index in [9.17, 15) is 8.42 Å². The summed E-state index contributed by atoms with van der Waals surface area (Å²) in [5.41, 5.74) is 2.57. The maximum atomic E-state index is 12.4. The van der Waals surface area contributed by atoms with Gasteiger partial charge in [0.2, 0.25) is 0 Å². The molecule has 1 fully saturated rings. The van der Waals surface area contributed by atoms with Gasteiger partial charge in [0.05, 0.1) is 4.90 Å². The van der Waals surface area contributed by atoms with E-state index in [1.807, 2.05) is 37.3 Å². The fraction of sp³-hybridized carbons (Fsp3) is 0.294. The largest absolute Gasteiger partial charge is 0.355 e. The summed E-state index contributed by atoms with van der Waals surface area (Å²) in [4.78, 5) is 0.122. The van der Waals surface area contributed by atoms with Gasteiger partial charge in [0.25, 0.3) is 10.1 Å². The normalized spacial score (nSPS) is 18.0. The summed E-state index contributed by atoms with van der Waals surface area (Å²) in [7, 11) is -3.84. The zero-order valence-electron chi connectivity index (χ0n) is 12.9. The van der Waals surface area contributed by atoms with Crippen LogP contribution in [0.4, 0.5) is 11.4 Å². The van der Waals surface area contributed by atoms with Crippen LogP contribution in [0.2, 0.25) is 0 Å². The molecule has 0 unspecified atom stereocenters. The molecule has 0 amide bonds. The first kappa shape index (κ1) is 16.0. The highest BCUT2D eigenvalue weighted by atomic mass is 32.2. The molecule has 1 N–H and O–H groups in total. The van der Waals surface area contributed by atoms with Crippen molar-refractivity contribution < 1.29 is 17.3 Å². The molecular formula is C17H19NO4S. The number of hydrogen-bond acceptors (Lipinski definition) is 5. The van der Waals surface area contributed by atoms with Crippen LogP contribution in [0.3, 0.4) is 0 Å². The summed E-state index contributed by atoms with van der Waals surface area (Å²) in [6.07, 6.45) is 0.738. The Bertz CT molecular complexity index is 768. The molecule has 0 aromatic heterocycles. The first-order valence-electron chi connectivity index (χ1n) is 7.52. The summed E-state index contributed by atoms with van der Waals surface area (Å²) in [6.45, 7) is 2.46. The average Bonchev–Trinajstić information content (AvgIpc) is 3.02. The van der Waals surface area contributed by atoms with Crippen LogP contribution in [0.25, 0.3) is 0 Å². The Kier molecular flexibility index (Phi) is 4.66. The minimum atomic E-state index is -3.84. The molecule has 0 bridgehead atoms. The monoisotopic (exact) mass is 333 g/mol. The van der Waals surface area contributed by atoms with E-state index < -0.39 is 16.4 Å². The molecule has 0 aliphatic carbocycles. The van der Waals surface area contributed by atoms with Gasteiger partial charge in [0.1, 0.15) is 0 Å². The molecule has 0 saturated carbocycles. The van der Waals surface area contributed by atoms with E-state index >= 15 is 0 Å². The molecule has 3 rings (SSSR count). The fourth-order valence-electron chi connectivity index (χ4n) is 2.39. The molecule has 2 aromatic rings. The number of benzene rings is 2. The van der Waals surface area contributed by atoms with Crippen molar-refractivity contribution in [3.8, 4) is 0 Å². The molecule has 122 valence electrons. The van der Waals surface area contributed by atoms with E-state index in [1.54, 1.807) is 18.2 Å². The SMILES string of the molecule is Cc1ccc(S(=O)(=O)O[C@@H]2CCCO2)cc1Nc1ccccc1. The van der Waals surface area contributed by atoms with Crippen molar-refractivity contribution in [3.05, 3.63) is 54.1 Å². The van der Waals surface area contributed by atoms with Crippen LogP contribution in [-0.2, 0) is 19.0 Å². The number of para-hydroxylation sites is 1. The molecule has 1 atom stereocenters. The molecule has 0 radical (unpaired) electrons. The Morgan fingerprint density at radius 1 is 1.17 bits per heavy atom. The van der Waals surface area contributed by atoms with E-state index in [2.05, 4.69) is 5.32 Å². The highest BCUT2D eigenvalue weighted by molar-refractivity contribution is 7.86. The van der Waals surface area contributed by atoms with Crippen molar-refractivity contribution in [2.45, 2.75) is 31.0 Å². The number of rotatable bonds is 5. The van der Waals surface area contributed by atoms with Crippen LogP contribution in [-0.4, -0.2) is 21.3 Å². The second-order valence-electron chi connectivity index (χ2n) is 5.46. The van der Waals surface area contributed by atoms with E-state index in [0.29, 0.717) is 13.0 Å². The van der Waals surface area contributed by atoms with Gasteiger partial charge in [0.15, 0.2) is 6.29 Å². The van der Waals surface area contributed by atoms with Crippen LogP contribution >= 0.6 is 0 Å². The van der Waals surface area contributed by atoms with E-state index in [-0.39, 0.29) is 4.90 Å². The Morgan fingerprint density at radius 2 is 1.96 bits per heavy atom. The predicted octanol–water partition coefficient (Wildman–Crippen LogP) is 3.58. The Balaban J connectivity index is 1.84. The second kappa shape index (κ2) is 6.70.